The third-order valence-electron chi connectivity index (χ3n) is 2.37. The van der Waals surface area contributed by atoms with Gasteiger partial charge in [-0.05, 0) is 31.8 Å². The fourth-order valence-electron chi connectivity index (χ4n) is 1.25. The Labute approximate surface area is 99.3 Å². The molecule has 0 amide bonds. The quantitative estimate of drug-likeness (QED) is 0.266. The van der Waals surface area contributed by atoms with Crippen LogP contribution in [-0.2, 0) is 4.74 Å². The lowest BCUT2D eigenvalue weighted by Crippen LogP contribution is -2.14. The molecule has 16 heavy (non-hydrogen) atoms. The summed E-state index contributed by atoms with van der Waals surface area (Å²) in [7, 11) is 0. The van der Waals surface area contributed by atoms with Gasteiger partial charge in [-0.15, -0.1) is 6.58 Å². The predicted molar refractivity (Wildman–Crippen MR) is 69.2 cm³/mol. The fraction of sp³-hybridized carbons (Fsp3) is 0.571. The number of aliphatic hydroxyl groups is 1. The van der Waals surface area contributed by atoms with Crippen molar-refractivity contribution in [3.8, 4) is 0 Å². The zero-order chi connectivity index (χ0) is 12.4. The molecular formula is C14H24O2. The Bertz CT molecular complexity index is 231. The van der Waals surface area contributed by atoms with E-state index in [0.29, 0.717) is 12.4 Å². The van der Waals surface area contributed by atoms with Gasteiger partial charge in [-0.3, -0.25) is 0 Å². The first-order valence-electron chi connectivity index (χ1n) is 5.84. The summed E-state index contributed by atoms with van der Waals surface area (Å²) in [5, 5.41) is 9.62. The van der Waals surface area contributed by atoms with Crippen LogP contribution in [0.3, 0.4) is 0 Å². The molecule has 1 N–H and O–H groups in total. The number of hydrogen-bond acceptors (Lipinski definition) is 2. The van der Waals surface area contributed by atoms with Crippen LogP contribution in [0.5, 0.6) is 0 Å². The van der Waals surface area contributed by atoms with Crippen LogP contribution in [-0.4, -0.2) is 17.8 Å². The lowest BCUT2D eigenvalue weighted by molar-refractivity contribution is 0.0671. The van der Waals surface area contributed by atoms with Crippen LogP contribution in [0.2, 0.25) is 0 Å². The minimum atomic E-state index is -0.403. The van der Waals surface area contributed by atoms with Crippen molar-refractivity contribution >= 4 is 0 Å². The topological polar surface area (TPSA) is 29.5 Å². The van der Waals surface area contributed by atoms with E-state index >= 15 is 0 Å². The zero-order valence-corrected chi connectivity index (χ0v) is 10.4. The first-order chi connectivity index (χ1) is 7.57. The summed E-state index contributed by atoms with van der Waals surface area (Å²) in [5.74, 6) is 0.561. The normalized spacial score (nSPS) is 11.9. The van der Waals surface area contributed by atoms with Gasteiger partial charge in [0, 0.05) is 0 Å². The lowest BCUT2D eigenvalue weighted by atomic mass is 10.1. The van der Waals surface area contributed by atoms with Gasteiger partial charge in [-0.2, -0.15) is 0 Å². The van der Waals surface area contributed by atoms with E-state index in [0.717, 1.165) is 37.7 Å². The van der Waals surface area contributed by atoms with E-state index in [1.807, 2.05) is 13.0 Å². The van der Waals surface area contributed by atoms with Crippen LogP contribution >= 0.6 is 0 Å². The molecule has 0 spiro atoms. The Balaban J connectivity index is 3.44. The Hall–Kier alpha value is -1.02. The second kappa shape index (κ2) is 9.22. The van der Waals surface area contributed by atoms with Crippen molar-refractivity contribution in [2.24, 2.45) is 0 Å². The van der Waals surface area contributed by atoms with Gasteiger partial charge in [0.1, 0.15) is 12.4 Å². The number of rotatable bonds is 10. The molecule has 0 aromatic rings. The van der Waals surface area contributed by atoms with E-state index < -0.39 is 6.10 Å². The van der Waals surface area contributed by atoms with Crippen molar-refractivity contribution < 1.29 is 9.84 Å². The number of aliphatic hydroxyl groups excluding tert-OH is 1. The van der Waals surface area contributed by atoms with Crippen LogP contribution in [0.25, 0.3) is 0 Å². The van der Waals surface area contributed by atoms with Crippen molar-refractivity contribution in [3.63, 3.8) is 0 Å². The highest BCUT2D eigenvalue weighted by molar-refractivity contribution is 5.15. The lowest BCUT2D eigenvalue weighted by Gasteiger charge is -2.13. The van der Waals surface area contributed by atoms with E-state index in [9.17, 15) is 5.11 Å². The van der Waals surface area contributed by atoms with Crippen molar-refractivity contribution in [1.29, 1.82) is 0 Å². The molecule has 0 rings (SSSR count). The molecule has 0 aliphatic rings. The molecule has 0 fully saturated rings. The maximum Gasteiger partial charge on any atom is 0.114 e. The van der Waals surface area contributed by atoms with Gasteiger partial charge < -0.3 is 9.84 Å². The third-order valence-corrected chi connectivity index (χ3v) is 2.37. The first-order valence-corrected chi connectivity index (χ1v) is 5.84. The second-order valence-corrected chi connectivity index (χ2v) is 4.10. The van der Waals surface area contributed by atoms with E-state index in [4.69, 9.17) is 4.74 Å². The molecule has 0 saturated heterocycles. The smallest absolute Gasteiger partial charge is 0.114 e. The van der Waals surface area contributed by atoms with Crippen LogP contribution in [0.15, 0.2) is 37.1 Å². The van der Waals surface area contributed by atoms with Crippen molar-refractivity contribution in [2.45, 2.75) is 45.1 Å². The van der Waals surface area contributed by atoms with Gasteiger partial charge in [0.25, 0.3) is 0 Å². The molecule has 1 atom stereocenters. The maximum absolute atomic E-state index is 9.62. The van der Waals surface area contributed by atoms with Crippen LogP contribution in [0, 0.1) is 0 Å². The Morgan fingerprint density at radius 3 is 2.56 bits per heavy atom. The molecule has 0 aromatic carbocycles. The highest BCUT2D eigenvalue weighted by Crippen LogP contribution is 2.09. The summed E-state index contributed by atoms with van der Waals surface area (Å²) < 4.78 is 5.28. The van der Waals surface area contributed by atoms with E-state index in [2.05, 4.69) is 19.7 Å². The molecule has 0 saturated carbocycles. The summed E-state index contributed by atoms with van der Waals surface area (Å²) >= 11 is 0. The number of hydrogen-bond donors (Lipinski definition) is 1. The SMILES string of the molecule is C=CCCCCCC(O)COC(=C)C(=C)C. The Morgan fingerprint density at radius 1 is 1.31 bits per heavy atom. The molecule has 0 bridgehead atoms. The highest BCUT2D eigenvalue weighted by atomic mass is 16.5. The van der Waals surface area contributed by atoms with Gasteiger partial charge in [0.15, 0.2) is 0 Å². The molecular weight excluding hydrogens is 200 g/mol. The standard InChI is InChI=1S/C14H24O2/c1-5-6-7-8-9-10-14(15)11-16-13(4)12(2)3/h5,14-15H,1-2,4,6-11H2,3H3. The Kier molecular flexibility index (Phi) is 8.64. The largest absolute Gasteiger partial charge is 0.491 e. The van der Waals surface area contributed by atoms with Crippen LogP contribution < -0.4 is 0 Å². The summed E-state index contributed by atoms with van der Waals surface area (Å²) in [5.41, 5.74) is 0.804. The molecule has 92 valence electrons. The van der Waals surface area contributed by atoms with E-state index in [1.165, 1.54) is 0 Å². The zero-order valence-electron chi connectivity index (χ0n) is 10.4. The molecule has 0 aliphatic carbocycles. The average molecular weight is 224 g/mol. The molecule has 2 nitrogen and oxygen atoms in total. The monoisotopic (exact) mass is 224 g/mol. The molecule has 0 heterocycles. The number of unbranched alkanes of at least 4 members (excludes halogenated alkanes) is 3. The summed E-state index contributed by atoms with van der Waals surface area (Å²) in [4.78, 5) is 0. The molecule has 0 radical (unpaired) electrons. The molecule has 0 aromatic heterocycles. The minimum Gasteiger partial charge on any atom is -0.491 e. The molecule has 2 heteroatoms. The van der Waals surface area contributed by atoms with E-state index in [-0.39, 0.29) is 0 Å². The first kappa shape index (κ1) is 15.0. The van der Waals surface area contributed by atoms with Gasteiger partial charge in [-0.1, -0.05) is 32.1 Å². The van der Waals surface area contributed by atoms with Gasteiger partial charge >= 0.3 is 0 Å². The van der Waals surface area contributed by atoms with Crippen LogP contribution in [0.1, 0.15) is 39.0 Å². The number of allylic oxidation sites excluding steroid dienone is 2. The van der Waals surface area contributed by atoms with Gasteiger partial charge in [0.2, 0.25) is 0 Å². The fourth-order valence-corrected chi connectivity index (χ4v) is 1.25. The summed E-state index contributed by atoms with van der Waals surface area (Å²) in [6.45, 7) is 13.2. The number of ether oxygens (including phenoxy) is 1. The second-order valence-electron chi connectivity index (χ2n) is 4.10. The van der Waals surface area contributed by atoms with Crippen LogP contribution in [0.4, 0.5) is 0 Å². The van der Waals surface area contributed by atoms with Crippen molar-refractivity contribution in [2.75, 3.05) is 6.61 Å². The van der Waals surface area contributed by atoms with Crippen molar-refractivity contribution in [1.82, 2.24) is 0 Å². The highest BCUT2D eigenvalue weighted by Gasteiger charge is 2.05. The molecule has 1 unspecified atom stereocenters. The van der Waals surface area contributed by atoms with Gasteiger partial charge in [0.05, 0.1) is 6.10 Å². The molecule has 0 aliphatic heterocycles. The average Bonchev–Trinajstić information content (AvgIpc) is 2.25. The summed E-state index contributed by atoms with van der Waals surface area (Å²) in [6, 6.07) is 0. The Morgan fingerprint density at radius 2 is 2.00 bits per heavy atom. The summed E-state index contributed by atoms with van der Waals surface area (Å²) in [6.07, 6.45) is 6.66. The predicted octanol–water partition coefficient (Wildman–Crippen LogP) is 3.59. The minimum absolute atomic E-state index is 0.313. The maximum atomic E-state index is 9.62. The third kappa shape index (κ3) is 8.30. The van der Waals surface area contributed by atoms with Crippen molar-refractivity contribution in [3.05, 3.63) is 37.1 Å². The van der Waals surface area contributed by atoms with Gasteiger partial charge in [-0.25, -0.2) is 0 Å². The van der Waals surface area contributed by atoms with E-state index in [1.54, 1.807) is 0 Å².